The summed E-state index contributed by atoms with van der Waals surface area (Å²) in [5.41, 5.74) is 6.32. The highest BCUT2D eigenvalue weighted by atomic mass is 32.2. The van der Waals surface area contributed by atoms with Crippen molar-refractivity contribution in [2.75, 3.05) is 17.6 Å². The molecule has 0 fully saturated rings. The standard InChI is InChI=1S/C32H51N5O8S/c1-7-46(43,44)19-10-8-9-13-27(38)37-28(22(4)5)30(40)36-26(12-11-18-34-32(33)42)29(39)35-25-16-14-24(15-17-25)20-45-31(41)23(6)21(2)3/h7,14-17,21-23,26,28H,1,8-13,18-20H2,2-6H3,(H,35,39)(H,36,40)(H,37,38)(H3,33,34,42)/t23?,26-,28-/m0/s1. The van der Waals surface area contributed by atoms with Crippen molar-refractivity contribution in [3.05, 3.63) is 41.8 Å². The lowest BCUT2D eigenvalue weighted by Crippen LogP contribution is -2.54. The van der Waals surface area contributed by atoms with Crippen LogP contribution in [0.5, 0.6) is 0 Å². The zero-order valence-electron chi connectivity index (χ0n) is 27.6. The predicted octanol–water partition coefficient (Wildman–Crippen LogP) is 3.15. The van der Waals surface area contributed by atoms with E-state index >= 15 is 0 Å². The highest BCUT2D eigenvalue weighted by Gasteiger charge is 2.29. The monoisotopic (exact) mass is 665 g/mol. The lowest BCUT2D eigenvalue weighted by atomic mass is 9.99. The van der Waals surface area contributed by atoms with Gasteiger partial charge in [0.1, 0.15) is 18.7 Å². The van der Waals surface area contributed by atoms with Crippen LogP contribution in [0.2, 0.25) is 0 Å². The third kappa shape index (κ3) is 15.9. The Kier molecular flexibility index (Phi) is 17.6. The first-order valence-corrected chi connectivity index (χ1v) is 17.3. The molecule has 0 heterocycles. The van der Waals surface area contributed by atoms with Gasteiger partial charge in [0.15, 0.2) is 9.84 Å². The number of primary amides is 1. The fourth-order valence-electron chi connectivity index (χ4n) is 4.15. The van der Waals surface area contributed by atoms with Crippen molar-refractivity contribution in [2.24, 2.45) is 23.5 Å². The zero-order chi connectivity index (χ0) is 34.9. The molecular weight excluding hydrogens is 614 g/mol. The Hall–Kier alpha value is -3.94. The first kappa shape index (κ1) is 40.1. The largest absolute Gasteiger partial charge is 0.461 e. The van der Waals surface area contributed by atoms with Crippen LogP contribution in [0.15, 0.2) is 36.3 Å². The molecule has 0 aliphatic carbocycles. The van der Waals surface area contributed by atoms with Crippen LogP contribution in [0.25, 0.3) is 0 Å². The molecule has 1 unspecified atom stereocenters. The number of hydrogen-bond donors (Lipinski definition) is 5. The molecule has 3 atom stereocenters. The van der Waals surface area contributed by atoms with E-state index in [4.69, 9.17) is 10.5 Å². The number of carbonyl (C=O) groups excluding carboxylic acids is 5. The minimum atomic E-state index is -3.29. The minimum Gasteiger partial charge on any atom is -0.461 e. The Labute approximate surface area is 272 Å². The number of anilines is 1. The van der Waals surface area contributed by atoms with E-state index in [2.05, 4.69) is 27.8 Å². The molecule has 46 heavy (non-hydrogen) atoms. The summed E-state index contributed by atoms with van der Waals surface area (Å²) in [4.78, 5) is 62.4. The molecule has 0 aliphatic rings. The number of esters is 1. The Balaban J connectivity index is 2.84. The first-order chi connectivity index (χ1) is 21.6. The molecule has 5 amide bonds. The third-order valence-electron chi connectivity index (χ3n) is 7.43. The summed E-state index contributed by atoms with van der Waals surface area (Å²) in [5.74, 6) is -2.10. The molecule has 0 spiro atoms. The van der Waals surface area contributed by atoms with E-state index in [1.807, 2.05) is 20.8 Å². The Bertz CT molecular complexity index is 1280. The van der Waals surface area contributed by atoms with Crippen LogP contribution in [0, 0.1) is 17.8 Å². The van der Waals surface area contributed by atoms with Crippen LogP contribution < -0.4 is 27.0 Å². The molecule has 6 N–H and O–H groups in total. The minimum absolute atomic E-state index is 0.0368. The van der Waals surface area contributed by atoms with Crippen LogP contribution in [0.3, 0.4) is 0 Å². The van der Waals surface area contributed by atoms with Gasteiger partial charge in [0.2, 0.25) is 17.7 Å². The number of rotatable bonds is 21. The molecule has 0 saturated carbocycles. The average Bonchev–Trinajstić information content (AvgIpc) is 2.99. The molecule has 0 aromatic heterocycles. The van der Waals surface area contributed by atoms with Gasteiger partial charge in [0.25, 0.3) is 0 Å². The topological polar surface area (TPSA) is 203 Å². The summed E-state index contributed by atoms with van der Waals surface area (Å²) >= 11 is 0. The second-order valence-electron chi connectivity index (χ2n) is 12.0. The van der Waals surface area contributed by atoms with Gasteiger partial charge in [-0.3, -0.25) is 19.2 Å². The number of carbonyl (C=O) groups is 5. The van der Waals surface area contributed by atoms with Gasteiger partial charge in [0, 0.05) is 24.1 Å². The van der Waals surface area contributed by atoms with Gasteiger partial charge in [-0.15, -0.1) is 0 Å². The smallest absolute Gasteiger partial charge is 0.312 e. The van der Waals surface area contributed by atoms with Crippen molar-refractivity contribution in [3.8, 4) is 0 Å². The summed E-state index contributed by atoms with van der Waals surface area (Å²) in [6.07, 6.45) is 1.97. The van der Waals surface area contributed by atoms with Crippen molar-refractivity contribution in [1.29, 1.82) is 0 Å². The Morgan fingerprint density at radius 1 is 0.891 bits per heavy atom. The van der Waals surface area contributed by atoms with Crippen molar-refractivity contribution in [1.82, 2.24) is 16.0 Å². The summed E-state index contributed by atoms with van der Waals surface area (Å²) in [5, 5.41) is 11.6. The van der Waals surface area contributed by atoms with Crippen LogP contribution in [-0.2, 0) is 40.4 Å². The zero-order valence-corrected chi connectivity index (χ0v) is 28.4. The molecule has 1 aromatic rings. The number of hydrogen-bond acceptors (Lipinski definition) is 8. The van der Waals surface area contributed by atoms with E-state index in [0.717, 1.165) is 11.0 Å². The molecule has 0 bridgehead atoms. The molecule has 0 saturated heterocycles. The van der Waals surface area contributed by atoms with E-state index in [9.17, 15) is 32.4 Å². The Morgan fingerprint density at radius 2 is 1.54 bits per heavy atom. The number of urea groups is 1. The molecule has 13 nitrogen and oxygen atoms in total. The number of amides is 5. The van der Waals surface area contributed by atoms with E-state index in [-0.39, 0.29) is 61.4 Å². The second-order valence-corrected chi connectivity index (χ2v) is 14.0. The summed E-state index contributed by atoms with van der Waals surface area (Å²) in [6, 6.07) is 4.12. The number of nitrogens with two attached hydrogens (primary N) is 1. The van der Waals surface area contributed by atoms with Crippen molar-refractivity contribution in [3.63, 3.8) is 0 Å². The number of ether oxygens (including phenoxy) is 1. The van der Waals surface area contributed by atoms with Gasteiger partial charge in [-0.2, -0.15) is 0 Å². The van der Waals surface area contributed by atoms with E-state index in [0.29, 0.717) is 31.4 Å². The maximum Gasteiger partial charge on any atom is 0.312 e. The van der Waals surface area contributed by atoms with Gasteiger partial charge in [-0.25, -0.2) is 13.2 Å². The number of unbranched alkanes of at least 4 members (excludes halogenated alkanes) is 2. The highest BCUT2D eigenvalue weighted by molar-refractivity contribution is 7.94. The van der Waals surface area contributed by atoms with Crippen LogP contribution >= 0.6 is 0 Å². The van der Waals surface area contributed by atoms with Crippen LogP contribution in [0.4, 0.5) is 10.5 Å². The van der Waals surface area contributed by atoms with Crippen molar-refractivity contribution in [2.45, 2.75) is 91.8 Å². The van der Waals surface area contributed by atoms with Crippen LogP contribution in [-0.4, -0.2) is 62.5 Å². The van der Waals surface area contributed by atoms with Gasteiger partial charge in [0.05, 0.1) is 11.7 Å². The lowest BCUT2D eigenvalue weighted by Gasteiger charge is -2.25. The summed E-state index contributed by atoms with van der Waals surface area (Å²) in [7, 11) is -3.29. The first-order valence-electron chi connectivity index (χ1n) is 15.6. The lowest BCUT2D eigenvalue weighted by molar-refractivity contribution is -0.150. The second kappa shape index (κ2) is 20.2. The quantitative estimate of drug-likeness (QED) is 0.0973. The van der Waals surface area contributed by atoms with Crippen molar-refractivity contribution >= 4 is 45.2 Å². The van der Waals surface area contributed by atoms with E-state index in [1.54, 1.807) is 38.1 Å². The van der Waals surface area contributed by atoms with E-state index < -0.39 is 39.8 Å². The summed E-state index contributed by atoms with van der Waals surface area (Å²) < 4.78 is 28.4. The maximum atomic E-state index is 13.3. The van der Waals surface area contributed by atoms with E-state index in [1.165, 1.54) is 0 Å². The highest BCUT2D eigenvalue weighted by Crippen LogP contribution is 2.16. The number of sulfone groups is 1. The fraction of sp³-hybridized carbons (Fsp3) is 0.594. The molecule has 0 radical (unpaired) electrons. The molecule has 1 aromatic carbocycles. The maximum absolute atomic E-state index is 13.3. The SMILES string of the molecule is C=CS(=O)(=O)CCCCCC(=O)N[C@H](C(=O)N[C@@H](CCCNC(N)=O)C(=O)Nc1ccc(COC(=O)C(C)C(C)C)cc1)C(C)C. The van der Waals surface area contributed by atoms with Gasteiger partial charge >= 0.3 is 12.0 Å². The third-order valence-corrected chi connectivity index (χ3v) is 8.79. The van der Waals surface area contributed by atoms with Gasteiger partial charge in [-0.1, -0.05) is 59.8 Å². The molecule has 14 heteroatoms. The van der Waals surface area contributed by atoms with Crippen LogP contribution in [0.1, 0.15) is 78.7 Å². The molecule has 258 valence electrons. The van der Waals surface area contributed by atoms with Gasteiger partial charge < -0.3 is 31.7 Å². The Morgan fingerprint density at radius 3 is 2.11 bits per heavy atom. The normalized spacial score (nSPS) is 13.3. The average molecular weight is 666 g/mol. The summed E-state index contributed by atoms with van der Waals surface area (Å²) in [6.45, 7) is 12.8. The molecule has 0 aliphatic heterocycles. The molecular formula is C32H51N5O8S. The number of benzene rings is 1. The van der Waals surface area contributed by atoms with Crippen molar-refractivity contribution < 1.29 is 37.1 Å². The van der Waals surface area contributed by atoms with Gasteiger partial charge in [-0.05, 0) is 55.2 Å². The predicted molar refractivity (Wildman–Crippen MR) is 177 cm³/mol. The molecule has 1 rings (SSSR count). The fourth-order valence-corrected chi connectivity index (χ4v) is 4.92. The number of nitrogens with one attached hydrogen (secondary N) is 4.